The lowest BCUT2D eigenvalue weighted by atomic mass is 10.2. The maximum Gasteiger partial charge on any atom is 0.229 e. The number of hydrogen-bond donors (Lipinski definition) is 3. The van der Waals surface area contributed by atoms with E-state index in [9.17, 15) is 4.79 Å². The van der Waals surface area contributed by atoms with Gasteiger partial charge in [-0.1, -0.05) is 24.6 Å². The molecule has 28 heavy (non-hydrogen) atoms. The quantitative estimate of drug-likeness (QED) is 0.521. The van der Waals surface area contributed by atoms with E-state index in [-0.39, 0.29) is 5.91 Å². The van der Waals surface area contributed by atoms with Crippen LogP contribution >= 0.6 is 0 Å². The van der Waals surface area contributed by atoms with Crippen molar-refractivity contribution in [3.05, 3.63) is 65.9 Å². The van der Waals surface area contributed by atoms with Crippen molar-refractivity contribution in [1.29, 1.82) is 0 Å². The molecule has 3 aromatic rings. The van der Waals surface area contributed by atoms with E-state index in [4.69, 9.17) is 0 Å². The number of aryl methyl sites for hydroxylation is 2. The number of aromatic nitrogens is 2. The van der Waals surface area contributed by atoms with Crippen molar-refractivity contribution in [3.8, 4) is 0 Å². The Morgan fingerprint density at radius 1 is 0.857 bits per heavy atom. The van der Waals surface area contributed by atoms with Crippen LogP contribution in [0, 0.1) is 13.8 Å². The summed E-state index contributed by atoms with van der Waals surface area (Å²) in [4.78, 5) is 20.7. The van der Waals surface area contributed by atoms with Gasteiger partial charge in [0.2, 0.25) is 11.9 Å². The van der Waals surface area contributed by atoms with Crippen LogP contribution in [0.4, 0.5) is 28.8 Å². The number of rotatable bonds is 7. The second-order valence-corrected chi connectivity index (χ2v) is 6.71. The zero-order valence-electron chi connectivity index (χ0n) is 16.4. The fraction of sp³-hybridized carbons (Fsp3) is 0.227. The molecular formula is C22H25N5O. The summed E-state index contributed by atoms with van der Waals surface area (Å²) in [6, 6.07) is 17.5. The minimum absolute atomic E-state index is 0.0291. The summed E-state index contributed by atoms with van der Waals surface area (Å²) in [6.45, 7) is 5.97. The third kappa shape index (κ3) is 5.54. The predicted octanol–water partition coefficient (Wildman–Crippen LogP) is 5.32. The fourth-order valence-electron chi connectivity index (χ4n) is 2.69. The lowest BCUT2D eigenvalue weighted by Crippen LogP contribution is -2.10. The number of hydrogen-bond acceptors (Lipinski definition) is 5. The van der Waals surface area contributed by atoms with Crippen LogP contribution in [0.15, 0.2) is 54.6 Å². The lowest BCUT2D eigenvalue weighted by Gasteiger charge is -2.11. The monoisotopic (exact) mass is 375 g/mol. The predicted molar refractivity (Wildman–Crippen MR) is 114 cm³/mol. The van der Waals surface area contributed by atoms with Crippen LogP contribution in [0.25, 0.3) is 0 Å². The van der Waals surface area contributed by atoms with E-state index < -0.39 is 0 Å². The molecule has 6 heteroatoms. The summed E-state index contributed by atoms with van der Waals surface area (Å²) >= 11 is 0. The first-order chi connectivity index (χ1) is 13.5. The van der Waals surface area contributed by atoms with Crippen molar-refractivity contribution in [2.24, 2.45) is 0 Å². The number of amides is 1. The average Bonchev–Trinajstić information content (AvgIpc) is 2.65. The Bertz CT molecular complexity index is 936. The third-order valence-corrected chi connectivity index (χ3v) is 4.08. The summed E-state index contributed by atoms with van der Waals surface area (Å²) in [5.41, 5.74) is 4.66. The minimum Gasteiger partial charge on any atom is -0.340 e. The molecule has 3 N–H and O–H groups in total. The van der Waals surface area contributed by atoms with Gasteiger partial charge >= 0.3 is 0 Å². The Labute approximate surface area is 165 Å². The van der Waals surface area contributed by atoms with Crippen LogP contribution < -0.4 is 16.0 Å². The normalized spacial score (nSPS) is 10.4. The van der Waals surface area contributed by atoms with Crippen LogP contribution in [0.2, 0.25) is 0 Å². The molecule has 0 aliphatic heterocycles. The van der Waals surface area contributed by atoms with Crippen LogP contribution in [0.3, 0.4) is 0 Å². The summed E-state index contributed by atoms with van der Waals surface area (Å²) in [5, 5.41) is 9.39. The Morgan fingerprint density at radius 3 is 2.14 bits per heavy atom. The van der Waals surface area contributed by atoms with Crippen molar-refractivity contribution < 1.29 is 4.79 Å². The molecule has 1 amide bonds. The van der Waals surface area contributed by atoms with E-state index in [1.807, 2.05) is 68.4 Å². The van der Waals surface area contributed by atoms with Crippen molar-refractivity contribution in [2.45, 2.75) is 33.6 Å². The molecule has 6 nitrogen and oxygen atoms in total. The molecular weight excluding hydrogens is 350 g/mol. The first-order valence-electron chi connectivity index (χ1n) is 9.38. The largest absolute Gasteiger partial charge is 0.340 e. The summed E-state index contributed by atoms with van der Waals surface area (Å²) < 4.78 is 0. The molecule has 1 aromatic heterocycles. The van der Waals surface area contributed by atoms with Crippen molar-refractivity contribution in [1.82, 2.24) is 9.97 Å². The standard InChI is InChI=1S/C22H25N5O/c1-4-5-21(28)25-18-12-10-17(11-13-18)24-20-14-16(3)23-22(27-20)26-19-8-6-15(2)7-9-19/h6-14H,4-5H2,1-3H3,(H,25,28)(H2,23,24,26,27). The number of benzene rings is 2. The van der Waals surface area contributed by atoms with E-state index in [0.717, 1.165) is 29.2 Å². The highest BCUT2D eigenvalue weighted by atomic mass is 16.1. The Morgan fingerprint density at radius 2 is 1.46 bits per heavy atom. The maximum absolute atomic E-state index is 11.7. The molecule has 144 valence electrons. The summed E-state index contributed by atoms with van der Waals surface area (Å²) in [6.07, 6.45) is 1.36. The van der Waals surface area contributed by atoms with Gasteiger partial charge in [-0.25, -0.2) is 4.98 Å². The van der Waals surface area contributed by atoms with Crippen molar-refractivity contribution in [3.63, 3.8) is 0 Å². The first kappa shape index (κ1) is 19.4. The minimum atomic E-state index is 0.0291. The van der Waals surface area contributed by atoms with Crippen LogP contribution in [0.5, 0.6) is 0 Å². The molecule has 0 aliphatic rings. The second kappa shape index (κ2) is 8.99. The van der Waals surface area contributed by atoms with Gasteiger partial charge in [0.15, 0.2) is 0 Å². The van der Waals surface area contributed by atoms with Crippen molar-refractivity contribution in [2.75, 3.05) is 16.0 Å². The molecule has 0 saturated carbocycles. The van der Waals surface area contributed by atoms with Crippen LogP contribution in [0.1, 0.15) is 31.0 Å². The van der Waals surface area contributed by atoms with Gasteiger partial charge in [0.1, 0.15) is 5.82 Å². The molecule has 3 rings (SSSR count). The van der Waals surface area contributed by atoms with Crippen molar-refractivity contribution >= 4 is 34.7 Å². The van der Waals surface area contributed by atoms with Gasteiger partial charge < -0.3 is 16.0 Å². The Kier molecular flexibility index (Phi) is 6.22. The number of nitrogens with zero attached hydrogens (tertiary/aromatic N) is 2. The van der Waals surface area contributed by atoms with Gasteiger partial charge in [0, 0.05) is 35.2 Å². The maximum atomic E-state index is 11.7. The third-order valence-electron chi connectivity index (χ3n) is 4.08. The van der Waals surface area contributed by atoms with E-state index in [1.54, 1.807) is 0 Å². The van der Waals surface area contributed by atoms with E-state index in [1.165, 1.54) is 5.56 Å². The summed E-state index contributed by atoms with van der Waals surface area (Å²) in [5.74, 6) is 1.26. The molecule has 0 atom stereocenters. The van der Waals surface area contributed by atoms with Crippen LogP contribution in [-0.4, -0.2) is 15.9 Å². The topological polar surface area (TPSA) is 78.9 Å². The second-order valence-electron chi connectivity index (χ2n) is 6.71. The number of carbonyl (C=O) groups is 1. The van der Waals surface area contributed by atoms with Gasteiger partial charge in [-0.05, 0) is 56.7 Å². The first-order valence-corrected chi connectivity index (χ1v) is 9.38. The molecule has 0 aliphatic carbocycles. The molecule has 0 unspecified atom stereocenters. The SMILES string of the molecule is CCCC(=O)Nc1ccc(Nc2cc(C)nc(Nc3ccc(C)cc3)n2)cc1. The number of nitrogens with one attached hydrogen (secondary N) is 3. The van der Waals surface area contributed by atoms with E-state index in [2.05, 4.69) is 32.8 Å². The highest BCUT2D eigenvalue weighted by Gasteiger charge is 2.05. The zero-order chi connectivity index (χ0) is 19.9. The smallest absolute Gasteiger partial charge is 0.229 e. The number of carbonyl (C=O) groups excluding carboxylic acids is 1. The molecule has 2 aromatic carbocycles. The average molecular weight is 375 g/mol. The summed E-state index contributed by atoms with van der Waals surface area (Å²) in [7, 11) is 0. The van der Waals surface area contributed by atoms with Gasteiger partial charge in [0.25, 0.3) is 0 Å². The fourth-order valence-corrected chi connectivity index (χ4v) is 2.69. The molecule has 0 saturated heterocycles. The highest BCUT2D eigenvalue weighted by molar-refractivity contribution is 5.90. The number of anilines is 5. The lowest BCUT2D eigenvalue weighted by molar-refractivity contribution is -0.116. The molecule has 1 heterocycles. The van der Waals surface area contributed by atoms with Crippen LogP contribution in [-0.2, 0) is 4.79 Å². The van der Waals surface area contributed by atoms with E-state index in [0.29, 0.717) is 18.2 Å². The van der Waals surface area contributed by atoms with Gasteiger partial charge in [0.05, 0.1) is 0 Å². The van der Waals surface area contributed by atoms with Gasteiger partial charge in [-0.3, -0.25) is 4.79 Å². The van der Waals surface area contributed by atoms with Gasteiger partial charge in [-0.15, -0.1) is 0 Å². The van der Waals surface area contributed by atoms with E-state index >= 15 is 0 Å². The molecule has 0 radical (unpaired) electrons. The zero-order valence-corrected chi connectivity index (χ0v) is 16.4. The van der Waals surface area contributed by atoms with Gasteiger partial charge in [-0.2, -0.15) is 4.98 Å². The Hall–Kier alpha value is -3.41. The highest BCUT2D eigenvalue weighted by Crippen LogP contribution is 2.21. The molecule has 0 fully saturated rings. The molecule has 0 bridgehead atoms. The Balaban J connectivity index is 1.69. The molecule has 0 spiro atoms.